The predicted molar refractivity (Wildman–Crippen MR) is 119 cm³/mol. The van der Waals surface area contributed by atoms with Crippen LogP contribution in [0.1, 0.15) is 48.5 Å². The maximum atomic E-state index is 15.4. The molecule has 1 saturated carbocycles. The van der Waals surface area contributed by atoms with Crippen molar-refractivity contribution >= 4 is 34.2 Å². The van der Waals surface area contributed by atoms with Crippen molar-refractivity contribution in [1.29, 1.82) is 5.26 Å². The normalized spacial score (nSPS) is 23.3. The molecule has 0 radical (unpaired) electrons. The first-order chi connectivity index (χ1) is 15.4. The Morgan fingerprint density at radius 3 is 2.78 bits per heavy atom. The standard InChI is InChI=1S/C23H24ClFN4O3/c24-19-20-15(22(30)16(23(31)32)11-29(20)14-4-5-14)9-17(25)21(19)28-10-13-3-1-7-27(8-2-6-26)18(13)12-28/h9,11,13-14,18H,1-5,7-8,10,12H2,(H,31,32)/t13-,18+/m0/s1. The van der Waals surface area contributed by atoms with Gasteiger partial charge in [0.2, 0.25) is 5.43 Å². The van der Waals surface area contributed by atoms with Crippen molar-refractivity contribution in [3.63, 3.8) is 0 Å². The molecule has 3 heterocycles. The second kappa shape index (κ2) is 8.05. The lowest BCUT2D eigenvalue weighted by Gasteiger charge is -2.36. The molecule has 2 aliphatic heterocycles. The monoisotopic (exact) mass is 458 g/mol. The number of anilines is 1. The zero-order valence-corrected chi connectivity index (χ0v) is 18.3. The number of hydrogen-bond donors (Lipinski definition) is 1. The smallest absolute Gasteiger partial charge is 0.341 e. The second-order valence-corrected chi connectivity index (χ2v) is 9.43. The minimum absolute atomic E-state index is 0.00955. The summed E-state index contributed by atoms with van der Waals surface area (Å²) in [5.41, 5.74) is -0.384. The molecule has 32 heavy (non-hydrogen) atoms. The molecule has 2 atom stereocenters. The van der Waals surface area contributed by atoms with E-state index in [1.165, 1.54) is 6.20 Å². The molecule has 2 saturated heterocycles. The topological polar surface area (TPSA) is 89.6 Å². The highest BCUT2D eigenvalue weighted by Crippen LogP contribution is 2.44. The average Bonchev–Trinajstić information content (AvgIpc) is 3.51. The number of aromatic carboxylic acids is 1. The van der Waals surface area contributed by atoms with Crippen LogP contribution in [-0.2, 0) is 0 Å². The van der Waals surface area contributed by atoms with Gasteiger partial charge in [-0.3, -0.25) is 9.69 Å². The highest BCUT2D eigenvalue weighted by atomic mass is 35.5. The number of carbonyl (C=O) groups is 1. The molecule has 0 unspecified atom stereocenters. The van der Waals surface area contributed by atoms with Crippen molar-refractivity contribution in [2.75, 3.05) is 31.1 Å². The summed E-state index contributed by atoms with van der Waals surface area (Å²) in [7, 11) is 0. The molecule has 1 N–H and O–H groups in total. The Morgan fingerprint density at radius 2 is 2.09 bits per heavy atom. The summed E-state index contributed by atoms with van der Waals surface area (Å²) in [5, 5.41) is 18.6. The molecule has 9 heteroatoms. The van der Waals surface area contributed by atoms with Crippen LogP contribution in [0.4, 0.5) is 10.1 Å². The van der Waals surface area contributed by atoms with Crippen molar-refractivity contribution in [2.24, 2.45) is 5.92 Å². The maximum absolute atomic E-state index is 15.4. The van der Waals surface area contributed by atoms with Crippen LogP contribution in [0.25, 0.3) is 10.9 Å². The van der Waals surface area contributed by atoms with E-state index < -0.39 is 17.2 Å². The van der Waals surface area contributed by atoms with Gasteiger partial charge in [0.15, 0.2) is 0 Å². The molecule has 5 rings (SSSR count). The van der Waals surface area contributed by atoms with E-state index in [2.05, 4.69) is 11.0 Å². The molecule has 2 aromatic rings. The summed E-state index contributed by atoms with van der Waals surface area (Å²) in [6, 6.07) is 3.66. The van der Waals surface area contributed by atoms with Crippen molar-refractivity contribution in [3.8, 4) is 6.07 Å². The molecule has 0 spiro atoms. The molecular formula is C23H24ClFN4O3. The minimum atomic E-state index is -1.33. The van der Waals surface area contributed by atoms with E-state index in [0.29, 0.717) is 37.5 Å². The lowest BCUT2D eigenvalue weighted by Crippen LogP contribution is -2.45. The van der Waals surface area contributed by atoms with E-state index in [4.69, 9.17) is 16.9 Å². The first-order valence-corrected chi connectivity index (χ1v) is 11.4. The molecule has 0 bridgehead atoms. The Bertz CT molecular complexity index is 1200. The van der Waals surface area contributed by atoms with Crippen LogP contribution < -0.4 is 10.3 Å². The van der Waals surface area contributed by atoms with Crippen LogP contribution in [0.5, 0.6) is 0 Å². The van der Waals surface area contributed by atoms with Crippen molar-refractivity contribution in [1.82, 2.24) is 9.47 Å². The van der Waals surface area contributed by atoms with Gasteiger partial charge in [0.1, 0.15) is 11.4 Å². The molecule has 1 aromatic carbocycles. The lowest BCUT2D eigenvalue weighted by atomic mass is 9.92. The minimum Gasteiger partial charge on any atom is -0.477 e. The third-order valence-electron chi connectivity index (χ3n) is 7.08. The Morgan fingerprint density at radius 1 is 1.31 bits per heavy atom. The number of halogens is 2. The molecule has 3 fully saturated rings. The molecular weight excluding hydrogens is 435 g/mol. The number of hydrogen-bond acceptors (Lipinski definition) is 5. The van der Waals surface area contributed by atoms with Crippen molar-refractivity contribution in [2.45, 2.75) is 44.2 Å². The molecule has 1 aliphatic carbocycles. The van der Waals surface area contributed by atoms with Gasteiger partial charge in [0.05, 0.1) is 27.7 Å². The van der Waals surface area contributed by atoms with Gasteiger partial charge in [-0.1, -0.05) is 11.6 Å². The third-order valence-corrected chi connectivity index (χ3v) is 7.44. The highest BCUT2D eigenvalue weighted by molar-refractivity contribution is 6.38. The first kappa shape index (κ1) is 21.2. The Hall–Kier alpha value is -2.63. The fourth-order valence-electron chi connectivity index (χ4n) is 5.44. The number of carboxylic acid groups (broad SMARTS) is 1. The van der Waals surface area contributed by atoms with Gasteiger partial charge >= 0.3 is 5.97 Å². The predicted octanol–water partition coefficient (Wildman–Crippen LogP) is 3.64. The summed E-state index contributed by atoms with van der Waals surface area (Å²) < 4.78 is 17.1. The molecule has 7 nitrogen and oxygen atoms in total. The summed E-state index contributed by atoms with van der Waals surface area (Å²) in [6.45, 7) is 2.91. The van der Waals surface area contributed by atoms with Crippen molar-refractivity contribution < 1.29 is 14.3 Å². The number of nitriles is 1. The molecule has 168 valence electrons. The second-order valence-electron chi connectivity index (χ2n) is 9.05. The number of pyridine rings is 1. The lowest BCUT2D eigenvalue weighted by molar-refractivity contribution is 0.0695. The maximum Gasteiger partial charge on any atom is 0.341 e. The van der Waals surface area contributed by atoms with Crippen LogP contribution >= 0.6 is 11.6 Å². The quantitative estimate of drug-likeness (QED) is 0.735. The zero-order chi connectivity index (χ0) is 22.6. The van der Waals surface area contributed by atoms with E-state index in [-0.39, 0.29) is 33.7 Å². The number of rotatable bonds is 5. The number of carboxylic acids is 1. The van der Waals surface area contributed by atoms with Crippen molar-refractivity contribution in [3.05, 3.63) is 38.9 Å². The number of benzene rings is 1. The van der Waals surface area contributed by atoms with E-state index >= 15 is 4.39 Å². The SMILES string of the molecule is N#CCCN1CCC[C@H]2CN(c3c(F)cc4c(=O)c(C(=O)O)cn(C5CC5)c4c3Cl)C[C@H]21. The van der Waals surface area contributed by atoms with Gasteiger partial charge in [-0.25, -0.2) is 9.18 Å². The van der Waals surface area contributed by atoms with Gasteiger partial charge in [0.25, 0.3) is 0 Å². The molecule has 1 aromatic heterocycles. The number of fused-ring (bicyclic) bond motifs is 2. The van der Waals surface area contributed by atoms with Crippen LogP contribution in [0.2, 0.25) is 5.02 Å². The largest absolute Gasteiger partial charge is 0.477 e. The first-order valence-electron chi connectivity index (χ1n) is 11.1. The summed E-state index contributed by atoms with van der Waals surface area (Å²) in [5.74, 6) is -1.56. The summed E-state index contributed by atoms with van der Waals surface area (Å²) in [6.07, 6.45) is 5.64. The van der Waals surface area contributed by atoms with Gasteiger partial charge < -0.3 is 14.6 Å². The van der Waals surface area contributed by atoms with E-state index in [1.807, 2.05) is 4.90 Å². The van der Waals surface area contributed by atoms with Crippen LogP contribution in [0.3, 0.4) is 0 Å². The summed E-state index contributed by atoms with van der Waals surface area (Å²) >= 11 is 6.78. The van der Waals surface area contributed by atoms with Crippen LogP contribution in [-0.4, -0.2) is 52.8 Å². The average molecular weight is 459 g/mol. The number of likely N-dealkylation sites (tertiary alicyclic amines) is 1. The summed E-state index contributed by atoms with van der Waals surface area (Å²) in [4.78, 5) is 28.7. The van der Waals surface area contributed by atoms with Crippen LogP contribution in [0.15, 0.2) is 17.1 Å². The Balaban J connectivity index is 1.59. The van der Waals surface area contributed by atoms with Gasteiger partial charge in [-0.05, 0) is 44.2 Å². The highest BCUT2D eigenvalue weighted by Gasteiger charge is 2.40. The zero-order valence-electron chi connectivity index (χ0n) is 17.6. The fourth-order valence-corrected chi connectivity index (χ4v) is 5.85. The van der Waals surface area contributed by atoms with Gasteiger partial charge in [0, 0.05) is 44.3 Å². The molecule has 0 amide bonds. The van der Waals surface area contributed by atoms with Gasteiger partial charge in [-0.15, -0.1) is 0 Å². The number of aromatic nitrogens is 1. The molecule has 3 aliphatic rings. The third kappa shape index (κ3) is 3.44. The van der Waals surface area contributed by atoms with E-state index in [9.17, 15) is 14.7 Å². The van der Waals surface area contributed by atoms with Gasteiger partial charge in [-0.2, -0.15) is 5.26 Å². The fraction of sp³-hybridized carbons (Fsp3) is 0.522. The van der Waals surface area contributed by atoms with Crippen LogP contribution in [0, 0.1) is 23.1 Å². The number of nitrogens with zero attached hydrogens (tertiary/aromatic N) is 4. The van der Waals surface area contributed by atoms with E-state index in [0.717, 1.165) is 38.3 Å². The Kier molecular flexibility index (Phi) is 5.34. The van der Waals surface area contributed by atoms with E-state index in [1.54, 1.807) is 4.57 Å². The Labute approximate surface area is 189 Å². The number of piperidine rings is 1.